The Morgan fingerprint density at radius 2 is 2.14 bits per heavy atom. The Labute approximate surface area is 162 Å². The number of fused-ring (bicyclic) bond motifs is 2. The van der Waals surface area contributed by atoms with Crippen molar-refractivity contribution in [3.05, 3.63) is 30.7 Å². The van der Waals surface area contributed by atoms with Crippen LogP contribution in [0.3, 0.4) is 0 Å². The van der Waals surface area contributed by atoms with Crippen LogP contribution in [0.5, 0.6) is 11.5 Å². The molecule has 0 amide bonds. The predicted octanol–water partition coefficient (Wildman–Crippen LogP) is 2.30. The quantitative estimate of drug-likeness (QED) is 0.725. The largest absolute Gasteiger partial charge is 0.454 e. The first kappa shape index (κ1) is 17.3. The number of hydrogen-bond donors (Lipinski definition) is 1. The summed E-state index contributed by atoms with van der Waals surface area (Å²) in [5.74, 6) is 2.01. The van der Waals surface area contributed by atoms with E-state index in [2.05, 4.69) is 25.6 Å². The lowest BCUT2D eigenvalue weighted by molar-refractivity contribution is 0.159. The van der Waals surface area contributed by atoms with Crippen LogP contribution >= 0.6 is 0 Å². The number of nitrogens with zero attached hydrogens (tertiary/aromatic N) is 4. The molecule has 3 aromatic rings. The predicted molar refractivity (Wildman–Crippen MR) is 105 cm³/mol. The van der Waals surface area contributed by atoms with Crippen LogP contribution in [0.1, 0.15) is 12.5 Å². The zero-order valence-electron chi connectivity index (χ0n) is 15.8. The fraction of sp³-hybridized carbons (Fsp3) is 0.400. The molecule has 0 radical (unpaired) electrons. The van der Waals surface area contributed by atoms with E-state index in [1.807, 2.05) is 18.2 Å². The molecule has 2 aliphatic rings. The highest BCUT2D eigenvalue weighted by Crippen LogP contribution is 2.40. The molecule has 146 valence electrons. The molecule has 2 aromatic heterocycles. The van der Waals surface area contributed by atoms with Crippen molar-refractivity contribution in [2.45, 2.75) is 12.5 Å². The Hall–Kier alpha value is -2.84. The minimum Gasteiger partial charge on any atom is -0.454 e. The molecule has 5 rings (SSSR count). The molecule has 0 bridgehead atoms. The number of anilines is 1. The molecule has 8 nitrogen and oxygen atoms in total. The van der Waals surface area contributed by atoms with Gasteiger partial charge in [0.1, 0.15) is 17.8 Å². The lowest BCUT2D eigenvalue weighted by Crippen LogP contribution is -2.25. The van der Waals surface area contributed by atoms with Gasteiger partial charge in [0, 0.05) is 44.5 Å². The highest BCUT2D eigenvalue weighted by molar-refractivity contribution is 6.01. The van der Waals surface area contributed by atoms with Crippen LogP contribution < -0.4 is 15.2 Å². The van der Waals surface area contributed by atoms with Crippen molar-refractivity contribution < 1.29 is 14.2 Å². The zero-order chi connectivity index (χ0) is 19.1. The van der Waals surface area contributed by atoms with E-state index in [9.17, 15) is 0 Å². The van der Waals surface area contributed by atoms with E-state index in [-0.39, 0.29) is 6.79 Å². The maximum absolute atomic E-state index is 6.26. The van der Waals surface area contributed by atoms with Crippen molar-refractivity contribution >= 4 is 16.9 Å². The van der Waals surface area contributed by atoms with E-state index < -0.39 is 0 Å². The molecular formula is C20H23N5O3. The van der Waals surface area contributed by atoms with E-state index in [1.54, 1.807) is 7.11 Å². The number of rotatable bonds is 5. The van der Waals surface area contributed by atoms with Crippen molar-refractivity contribution in [3.8, 4) is 22.6 Å². The monoisotopic (exact) mass is 381 g/mol. The summed E-state index contributed by atoms with van der Waals surface area (Å²) in [4.78, 5) is 11.2. The number of nitrogens with two attached hydrogens (primary N) is 1. The van der Waals surface area contributed by atoms with Crippen LogP contribution in [0, 0.1) is 0 Å². The number of likely N-dealkylation sites (tertiary alicyclic amines) is 1. The molecule has 2 aliphatic heterocycles. The molecule has 1 saturated heterocycles. The summed E-state index contributed by atoms with van der Waals surface area (Å²) < 4.78 is 18.5. The molecule has 2 N–H and O–H groups in total. The van der Waals surface area contributed by atoms with E-state index in [4.69, 9.17) is 19.9 Å². The van der Waals surface area contributed by atoms with Gasteiger partial charge in [0.25, 0.3) is 0 Å². The van der Waals surface area contributed by atoms with Gasteiger partial charge in [0.2, 0.25) is 6.79 Å². The normalized spacial score (nSPS) is 19.0. The minimum absolute atomic E-state index is 0.255. The SMILES string of the molecule is COCCN1CC[C@H](n2cc(-c3ccc4c(c3)OCO4)c3c(N)ncnc32)C1. The third-order valence-electron chi connectivity index (χ3n) is 5.57. The number of nitrogen functional groups attached to an aromatic ring is 1. The summed E-state index contributed by atoms with van der Waals surface area (Å²) in [6.07, 6.45) is 4.75. The molecule has 0 saturated carbocycles. The van der Waals surface area contributed by atoms with Crippen molar-refractivity contribution in [3.63, 3.8) is 0 Å². The molecule has 28 heavy (non-hydrogen) atoms. The topological polar surface area (TPSA) is 87.7 Å². The van der Waals surface area contributed by atoms with Gasteiger partial charge in [-0.25, -0.2) is 9.97 Å². The molecular weight excluding hydrogens is 358 g/mol. The summed E-state index contributed by atoms with van der Waals surface area (Å²) in [6, 6.07) is 6.30. The van der Waals surface area contributed by atoms with Gasteiger partial charge in [0.15, 0.2) is 11.5 Å². The first-order chi connectivity index (χ1) is 13.7. The van der Waals surface area contributed by atoms with Gasteiger partial charge in [-0.3, -0.25) is 4.90 Å². The molecule has 0 unspecified atom stereocenters. The second kappa shape index (κ2) is 6.96. The first-order valence-electron chi connectivity index (χ1n) is 9.47. The van der Waals surface area contributed by atoms with Crippen molar-refractivity contribution in [1.29, 1.82) is 0 Å². The van der Waals surface area contributed by atoms with Crippen LogP contribution in [-0.2, 0) is 4.74 Å². The second-order valence-corrected chi connectivity index (χ2v) is 7.21. The Morgan fingerprint density at radius 3 is 3.04 bits per heavy atom. The minimum atomic E-state index is 0.255. The number of aromatic nitrogens is 3. The smallest absolute Gasteiger partial charge is 0.231 e. The van der Waals surface area contributed by atoms with Gasteiger partial charge in [0.05, 0.1) is 12.0 Å². The van der Waals surface area contributed by atoms with Gasteiger partial charge in [-0.15, -0.1) is 0 Å². The zero-order valence-corrected chi connectivity index (χ0v) is 15.8. The van der Waals surface area contributed by atoms with Crippen molar-refractivity contribution in [2.24, 2.45) is 0 Å². The van der Waals surface area contributed by atoms with Crippen LogP contribution in [0.25, 0.3) is 22.2 Å². The summed E-state index contributed by atoms with van der Waals surface area (Å²) in [7, 11) is 1.74. The van der Waals surface area contributed by atoms with E-state index in [1.165, 1.54) is 6.33 Å². The Balaban J connectivity index is 1.56. The lowest BCUT2D eigenvalue weighted by atomic mass is 10.1. The third-order valence-corrected chi connectivity index (χ3v) is 5.57. The molecule has 8 heteroatoms. The summed E-state index contributed by atoms with van der Waals surface area (Å²) in [6.45, 7) is 3.96. The lowest BCUT2D eigenvalue weighted by Gasteiger charge is -2.16. The molecule has 1 fully saturated rings. The molecule has 0 spiro atoms. The van der Waals surface area contributed by atoms with E-state index in [0.29, 0.717) is 11.9 Å². The summed E-state index contributed by atoms with van der Waals surface area (Å²) >= 11 is 0. The standard InChI is InChI=1S/C20H23N5O3/c1-26-7-6-24-5-4-14(9-24)25-10-15(18-19(21)22-11-23-20(18)25)13-2-3-16-17(8-13)28-12-27-16/h2-3,8,10-11,14H,4-7,9,12H2,1H3,(H2,21,22,23)/t14-/m0/s1. The Morgan fingerprint density at radius 1 is 1.25 bits per heavy atom. The van der Waals surface area contributed by atoms with Crippen molar-refractivity contribution in [1.82, 2.24) is 19.4 Å². The maximum atomic E-state index is 6.26. The van der Waals surface area contributed by atoms with Crippen LogP contribution in [0.15, 0.2) is 30.7 Å². The van der Waals surface area contributed by atoms with Crippen LogP contribution in [0.4, 0.5) is 5.82 Å². The van der Waals surface area contributed by atoms with E-state index >= 15 is 0 Å². The average molecular weight is 381 g/mol. The molecule has 1 atom stereocenters. The van der Waals surface area contributed by atoms with Gasteiger partial charge >= 0.3 is 0 Å². The summed E-state index contributed by atoms with van der Waals surface area (Å²) in [5.41, 5.74) is 9.17. The van der Waals surface area contributed by atoms with Gasteiger partial charge < -0.3 is 24.5 Å². The fourth-order valence-corrected chi connectivity index (χ4v) is 4.13. The molecule has 4 heterocycles. The number of methoxy groups -OCH3 is 1. The van der Waals surface area contributed by atoms with Gasteiger partial charge in [-0.2, -0.15) is 0 Å². The number of benzene rings is 1. The maximum Gasteiger partial charge on any atom is 0.231 e. The van der Waals surface area contributed by atoms with Crippen molar-refractivity contribution in [2.75, 3.05) is 45.9 Å². The Kier molecular flexibility index (Phi) is 4.29. The fourth-order valence-electron chi connectivity index (χ4n) is 4.13. The number of ether oxygens (including phenoxy) is 3. The van der Waals surface area contributed by atoms with Crippen LogP contribution in [0.2, 0.25) is 0 Å². The Bertz CT molecular complexity index is 1020. The third kappa shape index (κ3) is 2.85. The first-order valence-corrected chi connectivity index (χ1v) is 9.47. The molecule has 0 aliphatic carbocycles. The molecule has 1 aromatic carbocycles. The van der Waals surface area contributed by atoms with Crippen LogP contribution in [-0.4, -0.2) is 59.6 Å². The van der Waals surface area contributed by atoms with Gasteiger partial charge in [-0.1, -0.05) is 6.07 Å². The second-order valence-electron chi connectivity index (χ2n) is 7.21. The van der Waals surface area contributed by atoms with E-state index in [0.717, 1.165) is 66.3 Å². The average Bonchev–Trinajstić information content (AvgIpc) is 3.43. The highest BCUT2D eigenvalue weighted by atomic mass is 16.7. The summed E-state index contributed by atoms with van der Waals surface area (Å²) in [5, 5.41) is 0.886. The van der Waals surface area contributed by atoms with Gasteiger partial charge in [-0.05, 0) is 24.1 Å². The highest BCUT2D eigenvalue weighted by Gasteiger charge is 2.27. The number of hydrogen-bond acceptors (Lipinski definition) is 7.